The van der Waals surface area contributed by atoms with Crippen LogP contribution in [0.15, 0.2) is 36.4 Å². The van der Waals surface area contributed by atoms with Crippen molar-refractivity contribution >= 4 is 23.6 Å². The number of esters is 1. The smallest absolute Gasteiger partial charge is 0.417 e. The Morgan fingerprint density at radius 2 is 2.04 bits per heavy atom. The Balaban J connectivity index is 1.68. The van der Waals surface area contributed by atoms with E-state index in [4.69, 9.17) is 25.8 Å². The van der Waals surface area contributed by atoms with Crippen LogP contribution in [-0.2, 0) is 33.7 Å². The molecule has 1 heterocycles. The first-order chi connectivity index (χ1) is 13.2. The molecule has 0 aliphatic carbocycles. The highest BCUT2D eigenvalue weighted by molar-refractivity contribution is 6.31. The lowest BCUT2D eigenvalue weighted by Crippen LogP contribution is -2.14. The van der Waals surface area contributed by atoms with Gasteiger partial charge in [-0.25, -0.2) is 9.18 Å². The van der Waals surface area contributed by atoms with Gasteiger partial charge in [0, 0.05) is 17.2 Å². The molecule has 0 N–H and O–H groups in total. The van der Waals surface area contributed by atoms with Gasteiger partial charge in [-0.15, -0.1) is 0 Å². The summed E-state index contributed by atoms with van der Waals surface area (Å²) in [6.45, 7) is -0.0959. The molecular weight excluding hydrogens is 404 g/mol. The third-order valence-corrected chi connectivity index (χ3v) is 4.16. The summed E-state index contributed by atoms with van der Waals surface area (Å²) in [6.07, 6.45) is -2.47. The second-order valence-corrected chi connectivity index (χ2v) is 6.25. The summed E-state index contributed by atoms with van der Waals surface area (Å²) in [5.41, 5.74) is -0.0627. The van der Waals surface area contributed by atoms with Crippen molar-refractivity contribution in [2.45, 2.75) is 19.4 Å². The average Bonchev–Trinajstić information content (AvgIpc) is 2.64. The van der Waals surface area contributed by atoms with Crippen molar-refractivity contribution < 1.29 is 36.6 Å². The Morgan fingerprint density at radius 1 is 1.25 bits per heavy atom. The summed E-state index contributed by atoms with van der Waals surface area (Å²) in [6, 6.07) is 5.68. The number of benzene rings is 2. The number of halogens is 5. The first-order valence-corrected chi connectivity index (χ1v) is 8.35. The predicted molar refractivity (Wildman–Crippen MR) is 92.0 cm³/mol. The zero-order chi connectivity index (χ0) is 20.3. The highest BCUT2D eigenvalue weighted by Gasteiger charge is 2.33. The second-order valence-electron chi connectivity index (χ2n) is 5.84. The van der Waals surface area contributed by atoms with Gasteiger partial charge in [0.1, 0.15) is 18.2 Å². The molecule has 0 amide bonds. The van der Waals surface area contributed by atoms with Crippen LogP contribution >= 0.6 is 11.6 Å². The molecule has 0 spiro atoms. The number of rotatable bonds is 4. The summed E-state index contributed by atoms with van der Waals surface area (Å²) < 4.78 is 67.6. The van der Waals surface area contributed by atoms with Crippen LogP contribution in [0, 0.1) is 5.82 Å². The molecule has 3 rings (SSSR count). The maximum Gasteiger partial charge on any atom is 0.417 e. The van der Waals surface area contributed by atoms with E-state index in [2.05, 4.69) is 0 Å². The molecule has 0 unspecified atom stereocenters. The molecule has 0 fully saturated rings. The largest absolute Gasteiger partial charge is 0.467 e. The van der Waals surface area contributed by atoms with Crippen LogP contribution in [-0.4, -0.2) is 12.8 Å². The van der Waals surface area contributed by atoms with Crippen molar-refractivity contribution in [3.63, 3.8) is 0 Å². The summed E-state index contributed by atoms with van der Waals surface area (Å²) in [5, 5.41) is -0.438. The SMILES string of the molecule is O=C(C=Cc1ccc(Cl)c(C(F)(F)F)c1)OCc1cc(F)cc2c1OCOC2. The van der Waals surface area contributed by atoms with Crippen molar-refractivity contribution in [3.05, 3.63) is 69.5 Å². The molecule has 1 aliphatic heterocycles. The van der Waals surface area contributed by atoms with E-state index in [1.165, 1.54) is 24.3 Å². The van der Waals surface area contributed by atoms with Gasteiger partial charge in [0.05, 0.1) is 17.2 Å². The standard InChI is InChI=1S/C19H13ClF4O4/c20-16-3-1-11(5-15(16)19(22,23)24)2-4-17(25)27-9-13-7-14(21)6-12-8-26-10-28-18(12)13/h1-7H,8-10H2. The molecule has 2 aromatic carbocycles. The molecule has 9 heteroatoms. The lowest BCUT2D eigenvalue weighted by molar-refractivity contribution is -0.139. The summed E-state index contributed by atoms with van der Waals surface area (Å²) in [7, 11) is 0. The first kappa shape index (κ1) is 20.2. The topological polar surface area (TPSA) is 44.8 Å². The van der Waals surface area contributed by atoms with Crippen LogP contribution in [0.5, 0.6) is 5.75 Å². The van der Waals surface area contributed by atoms with Crippen LogP contribution in [0.25, 0.3) is 6.08 Å². The maximum absolute atomic E-state index is 13.6. The molecule has 2 aromatic rings. The predicted octanol–water partition coefficient (Wildman–Crippen LogP) is 5.12. The molecule has 1 aliphatic rings. The lowest BCUT2D eigenvalue weighted by Gasteiger charge is -2.20. The average molecular weight is 417 g/mol. The highest BCUT2D eigenvalue weighted by Crippen LogP contribution is 2.35. The number of carbonyl (C=O) groups is 1. The van der Waals surface area contributed by atoms with Gasteiger partial charge >= 0.3 is 12.1 Å². The molecule has 0 saturated heterocycles. The molecule has 0 bridgehead atoms. The number of alkyl halides is 3. The number of hydrogen-bond donors (Lipinski definition) is 0. The van der Waals surface area contributed by atoms with Gasteiger partial charge in [-0.05, 0) is 35.9 Å². The molecular formula is C19H13ClF4O4. The second kappa shape index (κ2) is 8.20. The number of fused-ring (bicyclic) bond motifs is 1. The molecule has 0 aromatic heterocycles. The van der Waals surface area contributed by atoms with E-state index in [1.807, 2.05) is 0 Å². The van der Waals surface area contributed by atoms with E-state index in [-0.39, 0.29) is 25.6 Å². The van der Waals surface area contributed by atoms with Crippen molar-refractivity contribution in [1.29, 1.82) is 0 Å². The third kappa shape index (κ3) is 4.82. The highest BCUT2D eigenvalue weighted by atomic mass is 35.5. The number of carbonyl (C=O) groups excluding carboxylic acids is 1. The number of ether oxygens (including phenoxy) is 3. The van der Waals surface area contributed by atoms with E-state index in [9.17, 15) is 22.4 Å². The molecule has 0 radical (unpaired) electrons. The number of hydrogen-bond acceptors (Lipinski definition) is 4. The first-order valence-electron chi connectivity index (χ1n) is 7.97. The minimum atomic E-state index is -4.61. The minimum Gasteiger partial charge on any atom is -0.467 e. The van der Waals surface area contributed by atoms with Gasteiger partial charge in [0.25, 0.3) is 0 Å². The maximum atomic E-state index is 13.6. The Kier molecular flexibility index (Phi) is 5.90. The fraction of sp³-hybridized carbons (Fsp3) is 0.211. The van der Waals surface area contributed by atoms with Gasteiger partial charge in [0.2, 0.25) is 0 Å². The van der Waals surface area contributed by atoms with Gasteiger partial charge in [-0.1, -0.05) is 17.7 Å². The molecule has 4 nitrogen and oxygen atoms in total. The van der Waals surface area contributed by atoms with Gasteiger partial charge in [-0.2, -0.15) is 13.2 Å². The Bertz CT molecular complexity index is 925. The molecule has 28 heavy (non-hydrogen) atoms. The van der Waals surface area contributed by atoms with E-state index >= 15 is 0 Å². The molecule has 148 valence electrons. The zero-order valence-corrected chi connectivity index (χ0v) is 14.9. The Morgan fingerprint density at radius 3 is 2.79 bits per heavy atom. The Hall–Kier alpha value is -2.58. The van der Waals surface area contributed by atoms with Crippen LogP contribution in [0.2, 0.25) is 5.02 Å². The lowest BCUT2D eigenvalue weighted by atomic mass is 10.1. The van der Waals surface area contributed by atoms with E-state index < -0.39 is 28.5 Å². The van der Waals surface area contributed by atoms with E-state index in [0.717, 1.165) is 18.2 Å². The fourth-order valence-electron chi connectivity index (χ4n) is 2.59. The van der Waals surface area contributed by atoms with Crippen molar-refractivity contribution in [3.8, 4) is 5.75 Å². The summed E-state index contributed by atoms with van der Waals surface area (Å²) in [5.74, 6) is -0.958. The normalized spacial score (nSPS) is 13.9. The van der Waals surface area contributed by atoms with Crippen LogP contribution in [0.4, 0.5) is 17.6 Å². The minimum absolute atomic E-state index is 0.00239. The van der Waals surface area contributed by atoms with Gasteiger partial charge in [0.15, 0.2) is 6.79 Å². The zero-order valence-electron chi connectivity index (χ0n) is 14.2. The molecule has 0 atom stereocenters. The van der Waals surface area contributed by atoms with Gasteiger partial charge in [-0.3, -0.25) is 0 Å². The van der Waals surface area contributed by atoms with Crippen molar-refractivity contribution in [2.75, 3.05) is 6.79 Å². The van der Waals surface area contributed by atoms with E-state index in [1.54, 1.807) is 0 Å². The summed E-state index contributed by atoms with van der Waals surface area (Å²) in [4.78, 5) is 11.9. The van der Waals surface area contributed by atoms with Crippen LogP contribution in [0.3, 0.4) is 0 Å². The quantitative estimate of drug-likeness (QED) is 0.394. The molecule has 0 saturated carbocycles. The monoisotopic (exact) mass is 416 g/mol. The third-order valence-electron chi connectivity index (χ3n) is 3.83. The van der Waals surface area contributed by atoms with Crippen LogP contribution < -0.4 is 4.74 Å². The van der Waals surface area contributed by atoms with E-state index in [0.29, 0.717) is 16.9 Å². The van der Waals surface area contributed by atoms with Crippen LogP contribution in [0.1, 0.15) is 22.3 Å². The van der Waals surface area contributed by atoms with Crippen molar-refractivity contribution in [2.24, 2.45) is 0 Å². The van der Waals surface area contributed by atoms with Crippen molar-refractivity contribution in [1.82, 2.24) is 0 Å². The fourth-order valence-corrected chi connectivity index (χ4v) is 2.81. The Labute approximate surface area is 162 Å². The van der Waals surface area contributed by atoms with Gasteiger partial charge < -0.3 is 14.2 Å². The summed E-state index contributed by atoms with van der Waals surface area (Å²) >= 11 is 5.54.